The van der Waals surface area contributed by atoms with Crippen LogP contribution in [0.5, 0.6) is 0 Å². The maximum absolute atomic E-state index is 5.38. The number of hydrogen-bond acceptors (Lipinski definition) is 2. The highest BCUT2D eigenvalue weighted by Crippen LogP contribution is 2.53. The molecule has 0 radical (unpaired) electrons. The first-order chi connectivity index (χ1) is 29.5. The average molecular weight is 766 g/mol. The third-order valence-electron chi connectivity index (χ3n) is 12.8. The van der Waals surface area contributed by atoms with Crippen LogP contribution in [-0.2, 0) is 5.41 Å². The SMILES string of the molecule is CC1(C)c2cc3ccccc3cc2-c2c(-c3cc(-c4ccc(-n5c6ccccc6c6cc(-c7ccccc7)ccc65)c5ccccc45)nc(-c4ccccc4)n3)cccc21. The predicted octanol–water partition coefficient (Wildman–Crippen LogP) is 14.9. The zero-order valence-electron chi connectivity index (χ0n) is 33.4. The van der Waals surface area contributed by atoms with Gasteiger partial charge < -0.3 is 4.57 Å². The summed E-state index contributed by atoms with van der Waals surface area (Å²) in [4.78, 5) is 10.7. The fraction of sp³-hybridized carbons (Fsp3) is 0.0526. The molecule has 2 aromatic heterocycles. The highest BCUT2D eigenvalue weighted by Gasteiger charge is 2.37. The van der Waals surface area contributed by atoms with Gasteiger partial charge in [-0.1, -0.05) is 172 Å². The summed E-state index contributed by atoms with van der Waals surface area (Å²) in [7, 11) is 0. The second-order valence-corrected chi connectivity index (χ2v) is 16.6. The third kappa shape index (κ3) is 5.22. The van der Waals surface area contributed by atoms with Crippen molar-refractivity contribution >= 4 is 43.4 Å². The van der Waals surface area contributed by atoms with Crippen LogP contribution in [0.3, 0.4) is 0 Å². The standard InChI is InChI=1S/C57H39N3/c1-57(2)48-26-15-25-45(55(48)47-33-38-20-9-10-21-39(38)34-49(47)57)51-35-50(58-56(59-51)37-18-7-4-8-19-37)42-29-31-53(43-23-12-11-22-41(42)43)60-52-27-14-13-24-44(52)46-32-40(28-30-54(46)60)36-16-5-3-6-17-36/h3-35H,1-2H3. The fourth-order valence-electron chi connectivity index (χ4n) is 9.87. The Morgan fingerprint density at radius 1 is 0.383 bits per heavy atom. The van der Waals surface area contributed by atoms with Crippen molar-refractivity contribution in [1.29, 1.82) is 0 Å². The summed E-state index contributed by atoms with van der Waals surface area (Å²) < 4.78 is 2.43. The van der Waals surface area contributed by atoms with E-state index in [2.05, 4.69) is 213 Å². The molecule has 0 spiro atoms. The quantitative estimate of drug-likeness (QED) is 0.175. The molecule has 1 aliphatic carbocycles. The van der Waals surface area contributed by atoms with Gasteiger partial charge in [0.2, 0.25) is 0 Å². The molecule has 12 rings (SSSR count). The first-order valence-electron chi connectivity index (χ1n) is 20.7. The van der Waals surface area contributed by atoms with Crippen LogP contribution in [0.1, 0.15) is 25.0 Å². The maximum Gasteiger partial charge on any atom is 0.160 e. The van der Waals surface area contributed by atoms with E-state index in [9.17, 15) is 0 Å². The number of nitrogens with zero attached hydrogens (tertiary/aromatic N) is 3. The average Bonchev–Trinajstić information content (AvgIpc) is 3.75. The van der Waals surface area contributed by atoms with Gasteiger partial charge >= 0.3 is 0 Å². The Kier molecular flexibility index (Phi) is 7.58. The van der Waals surface area contributed by atoms with E-state index in [1.807, 2.05) is 6.07 Å². The van der Waals surface area contributed by atoms with E-state index in [4.69, 9.17) is 9.97 Å². The topological polar surface area (TPSA) is 30.7 Å². The number of aromatic nitrogens is 3. The zero-order chi connectivity index (χ0) is 40.0. The van der Waals surface area contributed by atoms with Crippen molar-refractivity contribution in [1.82, 2.24) is 14.5 Å². The molecule has 9 aromatic carbocycles. The Bertz CT molecular complexity index is 3500. The lowest BCUT2D eigenvalue weighted by Crippen LogP contribution is -2.14. The lowest BCUT2D eigenvalue weighted by atomic mass is 9.81. The molecule has 0 N–H and O–H groups in total. The van der Waals surface area contributed by atoms with Crippen LogP contribution in [0.2, 0.25) is 0 Å². The first-order valence-corrected chi connectivity index (χ1v) is 20.7. The second-order valence-electron chi connectivity index (χ2n) is 16.6. The molecule has 60 heavy (non-hydrogen) atoms. The molecule has 0 bridgehead atoms. The van der Waals surface area contributed by atoms with Crippen molar-refractivity contribution in [3.63, 3.8) is 0 Å². The summed E-state index contributed by atoms with van der Waals surface area (Å²) in [5.41, 5.74) is 16.0. The molecule has 282 valence electrons. The molecule has 3 nitrogen and oxygen atoms in total. The Labute approximate surface area is 348 Å². The van der Waals surface area contributed by atoms with E-state index in [0.717, 1.165) is 44.5 Å². The van der Waals surface area contributed by atoms with Crippen molar-refractivity contribution in [2.75, 3.05) is 0 Å². The highest BCUT2D eigenvalue weighted by atomic mass is 15.0. The van der Waals surface area contributed by atoms with E-state index in [1.54, 1.807) is 0 Å². The first kappa shape index (κ1) is 34.4. The van der Waals surface area contributed by atoms with Gasteiger partial charge in [0.25, 0.3) is 0 Å². The molecule has 0 amide bonds. The Balaban J connectivity index is 1.08. The molecule has 11 aromatic rings. The smallest absolute Gasteiger partial charge is 0.160 e. The predicted molar refractivity (Wildman–Crippen MR) is 251 cm³/mol. The van der Waals surface area contributed by atoms with Gasteiger partial charge in [0, 0.05) is 38.3 Å². The zero-order valence-corrected chi connectivity index (χ0v) is 33.4. The molecule has 0 aliphatic heterocycles. The van der Waals surface area contributed by atoms with Gasteiger partial charge in [0.15, 0.2) is 5.82 Å². The normalized spacial score (nSPS) is 13.0. The minimum atomic E-state index is -0.162. The molecule has 0 saturated heterocycles. The van der Waals surface area contributed by atoms with Crippen molar-refractivity contribution in [2.45, 2.75) is 19.3 Å². The van der Waals surface area contributed by atoms with Gasteiger partial charge in [-0.25, -0.2) is 9.97 Å². The Morgan fingerprint density at radius 3 is 1.80 bits per heavy atom. The van der Waals surface area contributed by atoms with Gasteiger partial charge in [-0.3, -0.25) is 0 Å². The number of fused-ring (bicyclic) bond motifs is 8. The summed E-state index contributed by atoms with van der Waals surface area (Å²) in [6.07, 6.45) is 0. The summed E-state index contributed by atoms with van der Waals surface area (Å²) in [6.45, 7) is 4.70. The van der Waals surface area contributed by atoms with E-state index in [1.165, 1.54) is 66.0 Å². The van der Waals surface area contributed by atoms with Gasteiger partial charge in [-0.15, -0.1) is 0 Å². The van der Waals surface area contributed by atoms with Gasteiger partial charge in [0.05, 0.1) is 28.1 Å². The van der Waals surface area contributed by atoms with Gasteiger partial charge in [-0.2, -0.15) is 0 Å². The van der Waals surface area contributed by atoms with Gasteiger partial charge in [-0.05, 0) is 92.0 Å². The maximum atomic E-state index is 5.38. The molecule has 0 atom stereocenters. The molecular formula is C57H39N3. The fourth-order valence-corrected chi connectivity index (χ4v) is 9.87. The number of benzene rings is 9. The van der Waals surface area contributed by atoms with Crippen LogP contribution in [0.25, 0.3) is 105 Å². The van der Waals surface area contributed by atoms with E-state index < -0.39 is 0 Å². The minimum Gasteiger partial charge on any atom is -0.309 e. The van der Waals surface area contributed by atoms with Crippen molar-refractivity contribution in [2.24, 2.45) is 0 Å². The van der Waals surface area contributed by atoms with Crippen LogP contribution < -0.4 is 0 Å². The highest BCUT2D eigenvalue weighted by molar-refractivity contribution is 6.12. The monoisotopic (exact) mass is 765 g/mol. The lowest BCUT2D eigenvalue weighted by Gasteiger charge is -2.22. The summed E-state index contributed by atoms with van der Waals surface area (Å²) >= 11 is 0. The van der Waals surface area contributed by atoms with Crippen molar-refractivity contribution in [3.05, 3.63) is 211 Å². The van der Waals surface area contributed by atoms with Gasteiger partial charge in [0.1, 0.15) is 0 Å². The Hall–Kier alpha value is -7.62. The van der Waals surface area contributed by atoms with E-state index in [-0.39, 0.29) is 5.41 Å². The van der Waals surface area contributed by atoms with Crippen LogP contribution >= 0.6 is 0 Å². The third-order valence-corrected chi connectivity index (χ3v) is 12.8. The van der Waals surface area contributed by atoms with E-state index >= 15 is 0 Å². The summed E-state index contributed by atoms with van der Waals surface area (Å²) in [5.74, 6) is 0.710. The number of hydrogen-bond donors (Lipinski definition) is 0. The molecular weight excluding hydrogens is 727 g/mol. The van der Waals surface area contributed by atoms with E-state index in [0.29, 0.717) is 5.82 Å². The van der Waals surface area contributed by atoms with Crippen LogP contribution in [0, 0.1) is 0 Å². The Morgan fingerprint density at radius 2 is 1.02 bits per heavy atom. The van der Waals surface area contributed by atoms with Crippen LogP contribution in [0.4, 0.5) is 0 Å². The summed E-state index contributed by atoms with van der Waals surface area (Å²) in [5, 5.41) is 7.29. The molecule has 1 aliphatic rings. The molecule has 2 heterocycles. The number of para-hydroxylation sites is 1. The van der Waals surface area contributed by atoms with Crippen LogP contribution in [0.15, 0.2) is 200 Å². The van der Waals surface area contributed by atoms with Crippen LogP contribution in [-0.4, -0.2) is 14.5 Å². The second kappa shape index (κ2) is 13.2. The molecule has 3 heteroatoms. The molecule has 0 fully saturated rings. The summed E-state index contributed by atoms with van der Waals surface area (Å²) in [6, 6.07) is 72.4. The number of rotatable bonds is 5. The molecule has 0 saturated carbocycles. The van der Waals surface area contributed by atoms with Crippen molar-refractivity contribution < 1.29 is 0 Å². The largest absolute Gasteiger partial charge is 0.309 e. The van der Waals surface area contributed by atoms with Crippen molar-refractivity contribution in [3.8, 4) is 61.8 Å². The lowest BCUT2D eigenvalue weighted by molar-refractivity contribution is 0.661. The minimum absolute atomic E-state index is 0.162. The molecule has 0 unspecified atom stereocenters.